The van der Waals surface area contributed by atoms with E-state index < -0.39 is 0 Å². The minimum atomic E-state index is 0.657. The molecule has 4 heteroatoms. The molecule has 0 saturated heterocycles. The van der Waals surface area contributed by atoms with Crippen molar-refractivity contribution in [3.63, 3.8) is 0 Å². The molecule has 0 unspecified atom stereocenters. The van der Waals surface area contributed by atoms with Gasteiger partial charge in [0.05, 0.1) is 11.0 Å². The van der Waals surface area contributed by atoms with Gasteiger partial charge in [-0.2, -0.15) is 0 Å². The molecule has 2 N–H and O–H groups in total. The minimum Gasteiger partial charge on any atom is -0.330 e. The summed E-state index contributed by atoms with van der Waals surface area (Å²) in [5.74, 6) is 1.20. The number of nitrogens with zero attached hydrogens (tertiary/aromatic N) is 2. The Hall–Kier alpha value is -1.06. The first-order valence-electron chi connectivity index (χ1n) is 6.66. The van der Waals surface area contributed by atoms with E-state index in [0.29, 0.717) is 6.04 Å². The second-order valence-corrected chi connectivity index (χ2v) is 5.44. The molecular weight excluding hydrogens is 246 g/mol. The Kier molecular flexibility index (Phi) is 3.27. The maximum Gasteiger partial charge on any atom is 0.110 e. The SMILES string of the molecule is NCCCCc1nc2cc(Cl)ccc2n1C1CC1. The maximum absolute atomic E-state index is 6.04. The lowest BCUT2D eigenvalue weighted by Gasteiger charge is -2.07. The third kappa shape index (κ3) is 2.25. The van der Waals surface area contributed by atoms with Crippen molar-refractivity contribution in [1.82, 2.24) is 9.55 Å². The van der Waals surface area contributed by atoms with Gasteiger partial charge in [-0.15, -0.1) is 0 Å². The lowest BCUT2D eigenvalue weighted by atomic mass is 10.2. The topological polar surface area (TPSA) is 43.8 Å². The number of imidazole rings is 1. The first-order valence-corrected chi connectivity index (χ1v) is 7.04. The van der Waals surface area contributed by atoms with E-state index >= 15 is 0 Å². The molecule has 3 nitrogen and oxygen atoms in total. The molecule has 1 aliphatic rings. The fourth-order valence-electron chi connectivity index (χ4n) is 2.47. The average molecular weight is 264 g/mol. The molecule has 0 aliphatic heterocycles. The van der Waals surface area contributed by atoms with Crippen LogP contribution in [0.2, 0.25) is 5.02 Å². The molecule has 1 aromatic heterocycles. The normalized spacial score (nSPS) is 15.4. The van der Waals surface area contributed by atoms with Crippen LogP contribution in [0.25, 0.3) is 11.0 Å². The second-order valence-electron chi connectivity index (χ2n) is 5.01. The second kappa shape index (κ2) is 4.90. The lowest BCUT2D eigenvalue weighted by molar-refractivity contribution is 0.652. The first kappa shape index (κ1) is 12.0. The zero-order chi connectivity index (χ0) is 12.5. The number of benzene rings is 1. The summed E-state index contributed by atoms with van der Waals surface area (Å²) in [5, 5.41) is 0.761. The van der Waals surface area contributed by atoms with Gasteiger partial charge >= 0.3 is 0 Å². The van der Waals surface area contributed by atoms with Gasteiger partial charge in [0.15, 0.2) is 0 Å². The number of nitrogens with two attached hydrogens (primary N) is 1. The molecule has 18 heavy (non-hydrogen) atoms. The zero-order valence-electron chi connectivity index (χ0n) is 10.4. The third-order valence-electron chi connectivity index (χ3n) is 3.49. The van der Waals surface area contributed by atoms with Gasteiger partial charge in [-0.1, -0.05) is 11.6 Å². The third-order valence-corrected chi connectivity index (χ3v) is 3.73. The Bertz CT molecular complexity index is 557. The highest BCUT2D eigenvalue weighted by atomic mass is 35.5. The highest BCUT2D eigenvalue weighted by Gasteiger charge is 2.27. The Morgan fingerprint density at radius 3 is 2.89 bits per heavy atom. The number of fused-ring (bicyclic) bond motifs is 1. The quantitative estimate of drug-likeness (QED) is 0.841. The molecule has 1 aliphatic carbocycles. The molecule has 0 atom stereocenters. The van der Waals surface area contributed by atoms with E-state index in [1.165, 1.54) is 24.2 Å². The van der Waals surface area contributed by atoms with Gasteiger partial charge in [-0.3, -0.25) is 0 Å². The summed E-state index contributed by atoms with van der Waals surface area (Å²) in [6, 6.07) is 6.66. The Labute approximate surface area is 112 Å². The molecule has 2 aromatic rings. The monoisotopic (exact) mass is 263 g/mol. The highest BCUT2D eigenvalue weighted by Crippen LogP contribution is 2.39. The van der Waals surface area contributed by atoms with Crippen LogP contribution in [0.4, 0.5) is 0 Å². The standard InChI is InChI=1S/C14H18ClN3/c15-10-4-7-13-12(9-10)17-14(3-1-2-8-16)18(13)11-5-6-11/h4,7,9,11H,1-3,5-6,8,16H2. The fraction of sp³-hybridized carbons (Fsp3) is 0.500. The molecular formula is C14H18ClN3. The van der Waals surface area contributed by atoms with E-state index in [0.717, 1.165) is 36.3 Å². The van der Waals surface area contributed by atoms with Gasteiger partial charge in [-0.05, 0) is 50.4 Å². The Balaban J connectivity index is 1.98. The van der Waals surface area contributed by atoms with Crippen molar-refractivity contribution in [1.29, 1.82) is 0 Å². The number of unbranched alkanes of at least 4 members (excludes halogenated alkanes) is 1. The number of aryl methyl sites for hydroxylation is 1. The van der Waals surface area contributed by atoms with Gasteiger partial charge in [0, 0.05) is 17.5 Å². The number of aromatic nitrogens is 2. The smallest absolute Gasteiger partial charge is 0.110 e. The number of rotatable bonds is 5. The minimum absolute atomic E-state index is 0.657. The largest absolute Gasteiger partial charge is 0.330 e. The lowest BCUT2D eigenvalue weighted by Crippen LogP contribution is -2.04. The summed E-state index contributed by atoms with van der Waals surface area (Å²) in [4.78, 5) is 4.74. The predicted molar refractivity (Wildman–Crippen MR) is 75.0 cm³/mol. The molecule has 0 bridgehead atoms. The molecule has 0 spiro atoms. The number of halogens is 1. The molecule has 1 aromatic carbocycles. The van der Waals surface area contributed by atoms with Gasteiger partial charge in [0.25, 0.3) is 0 Å². The predicted octanol–water partition coefficient (Wildman–Crippen LogP) is 3.31. The zero-order valence-corrected chi connectivity index (χ0v) is 11.2. The number of hydrogen-bond donors (Lipinski definition) is 1. The van der Waals surface area contributed by atoms with Crippen LogP contribution >= 0.6 is 11.6 Å². The van der Waals surface area contributed by atoms with E-state index in [1.54, 1.807) is 0 Å². The summed E-state index contributed by atoms with van der Waals surface area (Å²) in [6.07, 6.45) is 5.74. The fourth-order valence-corrected chi connectivity index (χ4v) is 2.63. The first-order chi connectivity index (χ1) is 8.79. The van der Waals surface area contributed by atoms with Crippen LogP contribution in [0.3, 0.4) is 0 Å². The molecule has 0 amide bonds. The van der Waals surface area contributed by atoms with Gasteiger partial charge < -0.3 is 10.3 Å². The van der Waals surface area contributed by atoms with Crippen LogP contribution in [0.15, 0.2) is 18.2 Å². The number of hydrogen-bond acceptors (Lipinski definition) is 2. The van der Waals surface area contributed by atoms with Crippen molar-refractivity contribution in [2.45, 2.75) is 38.1 Å². The van der Waals surface area contributed by atoms with E-state index in [1.807, 2.05) is 12.1 Å². The van der Waals surface area contributed by atoms with Crippen molar-refractivity contribution in [3.05, 3.63) is 29.0 Å². The van der Waals surface area contributed by atoms with Crippen LogP contribution in [0, 0.1) is 0 Å². The average Bonchev–Trinajstić information content (AvgIpc) is 3.12. The maximum atomic E-state index is 6.04. The van der Waals surface area contributed by atoms with Crippen molar-refractivity contribution in [2.75, 3.05) is 6.54 Å². The molecule has 1 fully saturated rings. The molecule has 1 heterocycles. The van der Waals surface area contributed by atoms with Gasteiger partial charge in [-0.25, -0.2) is 4.98 Å². The van der Waals surface area contributed by atoms with Crippen LogP contribution in [0.5, 0.6) is 0 Å². The highest BCUT2D eigenvalue weighted by molar-refractivity contribution is 6.31. The van der Waals surface area contributed by atoms with E-state index in [2.05, 4.69) is 10.6 Å². The van der Waals surface area contributed by atoms with E-state index in [9.17, 15) is 0 Å². The van der Waals surface area contributed by atoms with Crippen LogP contribution in [0.1, 0.15) is 37.5 Å². The van der Waals surface area contributed by atoms with Crippen LogP contribution in [-0.2, 0) is 6.42 Å². The van der Waals surface area contributed by atoms with Gasteiger partial charge in [0.2, 0.25) is 0 Å². The summed E-state index contributed by atoms with van der Waals surface area (Å²) in [7, 11) is 0. The van der Waals surface area contributed by atoms with E-state index in [-0.39, 0.29) is 0 Å². The molecule has 0 radical (unpaired) electrons. The van der Waals surface area contributed by atoms with Crippen molar-refractivity contribution in [3.8, 4) is 0 Å². The van der Waals surface area contributed by atoms with Crippen LogP contribution < -0.4 is 5.73 Å². The van der Waals surface area contributed by atoms with Gasteiger partial charge in [0.1, 0.15) is 5.82 Å². The summed E-state index contributed by atoms with van der Waals surface area (Å²) < 4.78 is 2.40. The van der Waals surface area contributed by atoms with E-state index in [4.69, 9.17) is 22.3 Å². The van der Waals surface area contributed by atoms with Crippen molar-refractivity contribution < 1.29 is 0 Å². The van der Waals surface area contributed by atoms with Crippen molar-refractivity contribution >= 4 is 22.6 Å². The summed E-state index contributed by atoms with van der Waals surface area (Å²) in [5.41, 5.74) is 7.80. The molecule has 1 saturated carbocycles. The Morgan fingerprint density at radius 2 is 2.17 bits per heavy atom. The Morgan fingerprint density at radius 1 is 1.33 bits per heavy atom. The summed E-state index contributed by atoms with van der Waals surface area (Å²) >= 11 is 6.04. The summed E-state index contributed by atoms with van der Waals surface area (Å²) in [6.45, 7) is 0.759. The van der Waals surface area contributed by atoms with Crippen LogP contribution in [-0.4, -0.2) is 16.1 Å². The van der Waals surface area contributed by atoms with Crippen molar-refractivity contribution in [2.24, 2.45) is 5.73 Å². The molecule has 96 valence electrons. The molecule has 3 rings (SSSR count).